The van der Waals surface area contributed by atoms with E-state index in [9.17, 15) is 14.7 Å². The number of cyclic esters (lactones) is 1. The number of carbonyl (C=O) groups is 2. The van der Waals surface area contributed by atoms with Crippen molar-refractivity contribution in [2.45, 2.75) is 57.3 Å². The molecule has 7 heteroatoms. The summed E-state index contributed by atoms with van der Waals surface area (Å²) in [5, 5.41) is 10.4. The predicted octanol–water partition coefficient (Wildman–Crippen LogP) is 1.67. The van der Waals surface area contributed by atoms with E-state index in [1.165, 1.54) is 20.2 Å². The van der Waals surface area contributed by atoms with Gasteiger partial charge in [-0.15, -0.1) is 0 Å². The highest BCUT2D eigenvalue weighted by Crippen LogP contribution is 2.38. The van der Waals surface area contributed by atoms with Gasteiger partial charge in [0.15, 0.2) is 0 Å². The first-order chi connectivity index (χ1) is 11.5. The first-order valence-corrected chi connectivity index (χ1v) is 8.47. The molecule has 0 aromatic rings. The Labute approximate surface area is 143 Å². The van der Waals surface area contributed by atoms with Crippen molar-refractivity contribution in [2.24, 2.45) is 11.8 Å². The largest absolute Gasteiger partial charge is 0.513 e. The summed E-state index contributed by atoms with van der Waals surface area (Å²) in [5.74, 6) is -0.461. The Hall–Kier alpha value is -1.76. The lowest BCUT2D eigenvalue weighted by Crippen LogP contribution is -2.22. The lowest BCUT2D eigenvalue weighted by molar-refractivity contribution is -0.142. The molecule has 1 N–H and O–H groups in total. The molecule has 0 aromatic heterocycles. The minimum Gasteiger partial charge on any atom is -0.513 e. The maximum atomic E-state index is 11.8. The van der Waals surface area contributed by atoms with Crippen LogP contribution in [0.4, 0.5) is 4.79 Å². The zero-order valence-corrected chi connectivity index (χ0v) is 14.2. The van der Waals surface area contributed by atoms with Crippen LogP contribution in [0.15, 0.2) is 24.3 Å². The number of ether oxygens (including phenoxy) is 2. The summed E-state index contributed by atoms with van der Waals surface area (Å²) in [7, 11) is 1.27. The number of rotatable bonds is 1. The van der Waals surface area contributed by atoms with Gasteiger partial charge in [-0.3, -0.25) is 0 Å². The molecule has 0 aromatic carbocycles. The fourth-order valence-corrected chi connectivity index (χ4v) is 3.36. The standard InChI is InChI=1S/C17H25BO6/c1-11-5-3-2-4-6-12-9-13(23-17(21)24-18)10-14(12)15(19)7-8-16(20)22-11/h4,6-8,11-15,19H,2-3,5,9-10,18H2,1H3/b6-4+,8-7+/t11-,12+,13-,14+,15+/m0/s1. The summed E-state index contributed by atoms with van der Waals surface area (Å²) in [6, 6.07) is 0. The summed E-state index contributed by atoms with van der Waals surface area (Å²) in [6.07, 6.45) is 8.80. The van der Waals surface area contributed by atoms with Crippen molar-refractivity contribution < 1.29 is 28.8 Å². The first-order valence-electron chi connectivity index (χ1n) is 8.47. The average Bonchev–Trinajstić information content (AvgIpc) is 2.94. The van der Waals surface area contributed by atoms with E-state index in [1.807, 2.05) is 6.92 Å². The smallest absolute Gasteiger partial charge is 0.489 e. The lowest BCUT2D eigenvalue weighted by atomic mass is 9.90. The first kappa shape index (κ1) is 18.6. The van der Waals surface area contributed by atoms with Crippen LogP contribution in [0.3, 0.4) is 0 Å². The van der Waals surface area contributed by atoms with E-state index in [1.54, 1.807) is 0 Å². The molecule has 132 valence electrons. The molecule has 0 amide bonds. The molecule has 0 unspecified atom stereocenters. The highest BCUT2D eigenvalue weighted by Gasteiger charge is 2.38. The third-order valence-electron chi connectivity index (χ3n) is 4.60. The number of hydrogen-bond acceptors (Lipinski definition) is 6. The summed E-state index contributed by atoms with van der Waals surface area (Å²) >= 11 is 0. The van der Waals surface area contributed by atoms with E-state index >= 15 is 0 Å². The second-order valence-corrected chi connectivity index (χ2v) is 6.45. The van der Waals surface area contributed by atoms with Gasteiger partial charge in [-0.2, -0.15) is 0 Å². The maximum Gasteiger partial charge on any atom is 0.489 e. The van der Waals surface area contributed by atoms with Gasteiger partial charge in [0.1, 0.15) is 6.10 Å². The van der Waals surface area contributed by atoms with E-state index in [2.05, 4.69) is 16.8 Å². The van der Waals surface area contributed by atoms with Crippen molar-refractivity contribution in [1.29, 1.82) is 0 Å². The van der Waals surface area contributed by atoms with Crippen LogP contribution in [0.2, 0.25) is 0 Å². The van der Waals surface area contributed by atoms with Gasteiger partial charge >= 0.3 is 20.2 Å². The van der Waals surface area contributed by atoms with Crippen molar-refractivity contribution in [1.82, 2.24) is 0 Å². The van der Waals surface area contributed by atoms with Gasteiger partial charge < -0.3 is 19.2 Å². The SMILES string of the molecule is BOC(=O)O[C@@H]1C[C@H]2[C@H](O)/C=C/C(=O)O[C@@H](C)CCC/C=C/[C@@H]2C1. The van der Waals surface area contributed by atoms with Crippen LogP contribution in [0.5, 0.6) is 0 Å². The molecule has 1 saturated carbocycles. The molecule has 6 nitrogen and oxygen atoms in total. The molecule has 2 aliphatic rings. The second-order valence-electron chi connectivity index (χ2n) is 6.45. The number of aliphatic hydroxyl groups is 1. The van der Waals surface area contributed by atoms with E-state index in [4.69, 9.17) is 9.47 Å². The Morgan fingerprint density at radius 2 is 2.17 bits per heavy atom. The second kappa shape index (κ2) is 8.92. The monoisotopic (exact) mass is 336 g/mol. The van der Waals surface area contributed by atoms with Crippen molar-refractivity contribution in [2.75, 3.05) is 0 Å². The van der Waals surface area contributed by atoms with E-state index < -0.39 is 18.2 Å². The van der Waals surface area contributed by atoms with E-state index in [0.29, 0.717) is 12.8 Å². The molecular weight excluding hydrogens is 311 g/mol. The van der Waals surface area contributed by atoms with Crippen molar-refractivity contribution >= 4 is 20.2 Å². The van der Waals surface area contributed by atoms with Crippen molar-refractivity contribution in [3.8, 4) is 0 Å². The normalized spacial score (nSPS) is 36.9. The summed E-state index contributed by atoms with van der Waals surface area (Å²) in [4.78, 5) is 23.1. The highest BCUT2D eigenvalue weighted by atomic mass is 16.7. The molecule has 0 bridgehead atoms. The lowest BCUT2D eigenvalue weighted by Gasteiger charge is -2.19. The average molecular weight is 336 g/mol. The van der Waals surface area contributed by atoms with Gasteiger partial charge in [-0.1, -0.05) is 12.2 Å². The molecule has 0 spiro atoms. The zero-order chi connectivity index (χ0) is 17.5. The summed E-state index contributed by atoms with van der Waals surface area (Å²) in [6.45, 7) is 1.87. The Bertz CT molecular complexity index is 503. The summed E-state index contributed by atoms with van der Waals surface area (Å²) < 4.78 is 15.0. The third kappa shape index (κ3) is 5.41. The topological polar surface area (TPSA) is 82.1 Å². The number of fused-ring (bicyclic) bond motifs is 1. The van der Waals surface area contributed by atoms with Gasteiger partial charge in [-0.25, -0.2) is 9.59 Å². The minimum atomic E-state index is -0.797. The Balaban J connectivity index is 2.09. The number of allylic oxidation sites excluding steroid dienone is 2. The summed E-state index contributed by atoms with van der Waals surface area (Å²) in [5.41, 5.74) is 0. The molecule has 5 atom stereocenters. The fourth-order valence-electron chi connectivity index (χ4n) is 3.36. The minimum absolute atomic E-state index is 0.0912. The van der Waals surface area contributed by atoms with Crippen LogP contribution < -0.4 is 0 Å². The van der Waals surface area contributed by atoms with Gasteiger partial charge in [-0.05, 0) is 56.9 Å². The number of hydrogen-bond donors (Lipinski definition) is 1. The predicted molar refractivity (Wildman–Crippen MR) is 89.8 cm³/mol. The van der Waals surface area contributed by atoms with Gasteiger partial charge in [0.2, 0.25) is 0 Å². The molecule has 1 fully saturated rings. The number of aliphatic hydroxyl groups excluding tert-OH is 1. The Morgan fingerprint density at radius 3 is 2.92 bits per heavy atom. The van der Waals surface area contributed by atoms with Crippen LogP contribution in [0.25, 0.3) is 0 Å². The van der Waals surface area contributed by atoms with Gasteiger partial charge in [0.25, 0.3) is 0 Å². The van der Waals surface area contributed by atoms with Crippen molar-refractivity contribution in [3.05, 3.63) is 24.3 Å². The number of esters is 1. The fraction of sp³-hybridized carbons (Fsp3) is 0.647. The molecule has 2 rings (SSSR count). The quantitative estimate of drug-likeness (QED) is 0.446. The molecule has 1 heterocycles. The van der Waals surface area contributed by atoms with Crippen LogP contribution in [-0.4, -0.2) is 43.6 Å². The molecule has 24 heavy (non-hydrogen) atoms. The number of carbonyl (C=O) groups excluding carboxylic acids is 2. The van der Waals surface area contributed by atoms with Gasteiger partial charge in [0.05, 0.1) is 12.2 Å². The molecule has 1 aliphatic carbocycles. The van der Waals surface area contributed by atoms with E-state index in [0.717, 1.165) is 19.3 Å². The van der Waals surface area contributed by atoms with Gasteiger partial charge in [0, 0.05) is 6.08 Å². The Kier molecular flexibility index (Phi) is 6.91. The van der Waals surface area contributed by atoms with Crippen LogP contribution in [0, 0.1) is 11.8 Å². The highest BCUT2D eigenvalue weighted by molar-refractivity contribution is 6.04. The Morgan fingerprint density at radius 1 is 1.38 bits per heavy atom. The van der Waals surface area contributed by atoms with Crippen molar-refractivity contribution in [3.63, 3.8) is 0 Å². The van der Waals surface area contributed by atoms with Crippen LogP contribution in [-0.2, 0) is 18.9 Å². The molecule has 0 saturated heterocycles. The molecule has 0 radical (unpaired) electrons. The third-order valence-corrected chi connectivity index (χ3v) is 4.60. The van der Waals surface area contributed by atoms with Crippen LogP contribution >= 0.6 is 0 Å². The molecule has 1 aliphatic heterocycles. The molecular formula is C17H25BO6. The maximum absolute atomic E-state index is 11.8. The van der Waals surface area contributed by atoms with Crippen LogP contribution in [0.1, 0.15) is 39.0 Å². The van der Waals surface area contributed by atoms with E-state index in [-0.39, 0.29) is 24.0 Å². The zero-order valence-electron chi connectivity index (χ0n) is 14.2.